The summed E-state index contributed by atoms with van der Waals surface area (Å²) in [5.41, 5.74) is 1.99. The van der Waals surface area contributed by atoms with Crippen molar-refractivity contribution in [1.82, 2.24) is 15.4 Å². The van der Waals surface area contributed by atoms with Gasteiger partial charge in [-0.15, -0.1) is 0 Å². The number of ether oxygens (including phenoxy) is 1. The molecule has 4 rings (SSSR count). The third-order valence-electron chi connectivity index (χ3n) is 4.92. The number of hydrogen-bond donors (Lipinski definition) is 4. The Kier molecular flexibility index (Phi) is 5.30. The topological polar surface area (TPSA) is 120 Å². The van der Waals surface area contributed by atoms with E-state index in [1.165, 1.54) is 4.90 Å². The number of carbonyl (C=O) groups is 1. The monoisotopic (exact) mass is 400 g/mol. The molecule has 9 nitrogen and oxygen atoms in total. The molecule has 1 aromatic carbocycles. The van der Waals surface area contributed by atoms with E-state index in [0.717, 1.165) is 11.4 Å². The van der Waals surface area contributed by atoms with Gasteiger partial charge in [0.1, 0.15) is 17.6 Å². The predicted molar refractivity (Wildman–Crippen MR) is 104 cm³/mol. The van der Waals surface area contributed by atoms with Crippen LogP contribution in [0.15, 0.2) is 46.4 Å². The Morgan fingerprint density at radius 3 is 3.03 bits per heavy atom. The normalized spacial score (nSPS) is 22.5. The summed E-state index contributed by atoms with van der Waals surface area (Å²) >= 11 is 0. The minimum Gasteiger partial charge on any atom is -0.494 e. The molecule has 0 saturated carbocycles. The van der Waals surface area contributed by atoms with Crippen molar-refractivity contribution in [2.24, 2.45) is 0 Å². The molecule has 154 valence electrons. The third kappa shape index (κ3) is 4.29. The highest BCUT2D eigenvalue weighted by Crippen LogP contribution is 2.28. The fraction of sp³-hybridized carbons (Fsp3) is 0.400. The number of fused-ring (bicyclic) bond motifs is 1. The van der Waals surface area contributed by atoms with Gasteiger partial charge in [0.2, 0.25) is 11.8 Å². The second-order valence-corrected chi connectivity index (χ2v) is 7.27. The van der Waals surface area contributed by atoms with Crippen molar-refractivity contribution in [2.45, 2.75) is 32.0 Å². The maximum absolute atomic E-state index is 12.6. The van der Waals surface area contributed by atoms with Gasteiger partial charge in [-0.2, -0.15) is 0 Å². The highest BCUT2D eigenvalue weighted by molar-refractivity contribution is 5.80. The molecule has 0 spiro atoms. The summed E-state index contributed by atoms with van der Waals surface area (Å²) in [4.78, 5) is 14.0. The maximum atomic E-state index is 12.6. The Hall–Kier alpha value is -3.20. The summed E-state index contributed by atoms with van der Waals surface area (Å²) in [5, 5.41) is 30.5. The number of para-hydroxylation sites is 2. The molecule has 1 saturated heterocycles. The number of hydrogen-bond acceptors (Lipinski definition) is 8. The number of carbonyl (C=O) groups excluding carboxylic acids is 1. The molecule has 0 bridgehead atoms. The van der Waals surface area contributed by atoms with Gasteiger partial charge >= 0.3 is 0 Å². The average Bonchev–Trinajstić information content (AvgIpc) is 3.31. The second kappa shape index (κ2) is 8.04. The van der Waals surface area contributed by atoms with E-state index < -0.39 is 6.10 Å². The van der Waals surface area contributed by atoms with Crippen LogP contribution in [0.25, 0.3) is 0 Å². The van der Waals surface area contributed by atoms with Crippen LogP contribution in [0.5, 0.6) is 5.75 Å². The van der Waals surface area contributed by atoms with E-state index in [4.69, 9.17) is 9.26 Å². The molecule has 29 heavy (non-hydrogen) atoms. The first-order valence-electron chi connectivity index (χ1n) is 9.55. The number of nitrogens with one attached hydrogen (secondary N) is 2. The van der Waals surface area contributed by atoms with Crippen molar-refractivity contribution < 1.29 is 24.3 Å². The maximum Gasteiger partial charge on any atom is 0.234 e. The number of aryl methyl sites for hydroxylation is 1. The van der Waals surface area contributed by atoms with Crippen molar-refractivity contribution >= 4 is 11.6 Å². The first kappa shape index (κ1) is 19.1. The first-order chi connectivity index (χ1) is 14.0. The summed E-state index contributed by atoms with van der Waals surface area (Å²) in [5.74, 6) is 0.797. The molecule has 0 radical (unpaired) electrons. The van der Waals surface area contributed by atoms with Crippen molar-refractivity contribution in [3.05, 3.63) is 53.4 Å². The molecule has 2 aliphatic rings. The van der Waals surface area contributed by atoms with Crippen LogP contribution < -0.4 is 15.4 Å². The van der Waals surface area contributed by atoms with Crippen LogP contribution in [0.4, 0.5) is 5.69 Å². The number of benzene rings is 1. The number of amides is 1. The van der Waals surface area contributed by atoms with Crippen LogP contribution in [-0.2, 0) is 11.2 Å². The minimum atomic E-state index is -0.728. The van der Waals surface area contributed by atoms with E-state index in [2.05, 4.69) is 15.8 Å². The SMILES string of the molecule is Cc1cc(CC(=O)N2C[C@H](O)C/C2=C(/O)NCC2CNc3ccccc3O2)on1. The Labute approximate surface area is 167 Å². The molecular weight excluding hydrogens is 376 g/mol. The van der Waals surface area contributed by atoms with Gasteiger partial charge in [0.05, 0.1) is 49.2 Å². The molecule has 1 amide bonds. The molecular formula is C20H24N4O5. The summed E-state index contributed by atoms with van der Waals surface area (Å²) in [6, 6.07) is 9.34. The molecule has 1 fully saturated rings. The predicted octanol–water partition coefficient (Wildman–Crippen LogP) is 1.31. The molecule has 9 heteroatoms. The zero-order valence-corrected chi connectivity index (χ0v) is 16.1. The molecule has 1 unspecified atom stereocenters. The van der Waals surface area contributed by atoms with Gasteiger partial charge in [-0.25, -0.2) is 0 Å². The van der Waals surface area contributed by atoms with Gasteiger partial charge in [0.15, 0.2) is 0 Å². The Bertz CT molecular complexity index is 925. The van der Waals surface area contributed by atoms with E-state index in [-0.39, 0.29) is 37.3 Å². The van der Waals surface area contributed by atoms with Gasteiger partial charge < -0.3 is 35.0 Å². The lowest BCUT2D eigenvalue weighted by Gasteiger charge is -2.28. The third-order valence-corrected chi connectivity index (χ3v) is 4.92. The van der Waals surface area contributed by atoms with Gasteiger partial charge in [-0.3, -0.25) is 4.79 Å². The molecule has 2 atom stereocenters. The lowest BCUT2D eigenvalue weighted by Crippen LogP contribution is -2.40. The zero-order chi connectivity index (χ0) is 20.4. The number of aliphatic hydroxyl groups excluding tert-OH is 2. The molecule has 2 aliphatic heterocycles. The van der Waals surface area contributed by atoms with E-state index in [1.54, 1.807) is 13.0 Å². The number of likely N-dealkylation sites (tertiary alicyclic amines) is 1. The van der Waals surface area contributed by atoms with Crippen LogP contribution in [0, 0.1) is 6.92 Å². The van der Waals surface area contributed by atoms with Gasteiger partial charge in [-0.1, -0.05) is 17.3 Å². The summed E-state index contributed by atoms with van der Waals surface area (Å²) in [6.07, 6.45) is -0.724. The number of nitrogens with zero attached hydrogens (tertiary/aromatic N) is 2. The van der Waals surface area contributed by atoms with Crippen molar-refractivity contribution in [3.8, 4) is 5.75 Å². The fourth-order valence-electron chi connectivity index (χ4n) is 3.53. The highest BCUT2D eigenvalue weighted by Gasteiger charge is 2.33. The van der Waals surface area contributed by atoms with Crippen LogP contribution in [0.1, 0.15) is 17.9 Å². The second-order valence-electron chi connectivity index (χ2n) is 7.27. The van der Waals surface area contributed by atoms with Crippen LogP contribution >= 0.6 is 0 Å². The summed E-state index contributed by atoms with van der Waals surface area (Å²) in [6.45, 7) is 2.83. The van der Waals surface area contributed by atoms with E-state index in [1.807, 2.05) is 24.3 Å². The molecule has 2 aromatic rings. The fourth-order valence-corrected chi connectivity index (χ4v) is 3.53. The van der Waals surface area contributed by atoms with E-state index >= 15 is 0 Å². The largest absolute Gasteiger partial charge is 0.494 e. The average molecular weight is 400 g/mol. The smallest absolute Gasteiger partial charge is 0.234 e. The number of β-amino-alcohol motifs (C(OH)–C–C–N with tert-alkyl or cyclic N) is 1. The van der Waals surface area contributed by atoms with E-state index in [0.29, 0.717) is 30.2 Å². The Morgan fingerprint density at radius 2 is 2.24 bits per heavy atom. The quantitative estimate of drug-likeness (QED) is 0.555. The molecule has 4 N–H and O–H groups in total. The van der Waals surface area contributed by atoms with Crippen LogP contribution in [0.3, 0.4) is 0 Å². The van der Waals surface area contributed by atoms with Gasteiger partial charge in [0, 0.05) is 12.5 Å². The lowest BCUT2D eigenvalue weighted by atomic mass is 10.2. The van der Waals surface area contributed by atoms with E-state index in [9.17, 15) is 15.0 Å². The van der Waals surface area contributed by atoms with Gasteiger partial charge in [-0.05, 0) is 19.1 Å². The Morgan fingerprint density at radius 1 is 1.41 bits per heavy atom. The van der Waals surface area contributed by atoms with Crippen molar-refractivity contribution in [2.75, 3.05) is 25.0 Å². The minimum absolute atomic E-state index is 0.0107. The highest BCUT2D eigenvalue weighted by atomic mass is 16.5. The Balaban J connectivity index is 1.40. The molecule has 0 aliphatic carbocycles. The number of rotatable bonds is 5. The zero-order valence-electron chi connectivity index (χ0n) is 16.1. The van der Waals surface area contributed by atoms with Crippen LogP contribution in [-0.4, -0.2) is 58.0 Å². The van der Waals surface area contributed by atoms with Crippen molar-refractivity contribution in [1.29, 1.82) is 0 Å². The summed E-state index contributed by atoms with van der Waals surface area (Å²) < 4.78 is 11.0. The standard InChI is InChI=1S/C20H24N4O5/c1-12-6-14(29-23-12)8-19(26)24-11-13(25)7-17(24)20(27)22-10-15-9-21-16-4-2-3-5-18(16)28-15/h2-6,13,15,21-22,25,27H,7-11H2,1H3/b20-17-/t13-,15?/m1/s1. The summed E-state index contributed by atoms with van der Waals surface area (Å²) in [7, 11) is 0. The van der Waals surface area contributed by atoms with Crippen LogP contribution in [0.2, 0.25) is 0 Å². The molecule has 1 aromatic heterocycles. The molecule has 3 heterocycles. The first-order valence-corrected chi connectivity index (χ1v) is 9.55. The lowest BCUT2D eigenvalue weighted by molar-refractivity contribution is -0.128. The van der Waals surface area contributed by atoms with Crippen molar-refractivity contribution in [3.63, 3.8) is 0 Å². The number of aliphatic hydroxyl groups is 2. The van der Waals surface area contributed by atoms with Gasteiger partial charge in [0.25, 0.3) is 0 Å². The number of anilines is 1. The number of aromatic nitrogens is 1.